The van der Waals surface area contributed by atoms with Crippen LogP contribution in [-0.2, 0) is 11.3 Å². The predicted octanol–water partition coefficient (Wildman–Crippen LogP) is -0.171. The van der Waals surface area contributed by atoms with E-state index in [4.69, 9.17) is 10.2 Å². The molecule has 1 aliphatic carbocycles. The highest BCUT2D eigenvalue weighted by molar-refractivity contribution is 5.64. The minimum Gasteiger partial charge on any atom is -0.448 e. The highest BCUT2D eigenvalue weighted by atomic mass is 16.5. The van der Waals surface area contributed by atoms with E-state index >= 15 is 0 Å². The molecule has 1 fully saturated rings. The molecule has 0 spiro atoms. The van der Waals surface area contributed by atoms with E-state index in [0.29, 0.717) is 31.0 Å². The molecule has 1 saturated carbocycles. The number of carbonyl (C=O) groups excluding carboxylic acids is 1. The van der Waals surface area contributed by atoms with Gasteiger partial charge in [0.1, 0.15) is 6.61 Å². The standard InChI is InChI=1S/C9H15N5O3/c10-8(15)16-4-3-11-9-14-13-7(17-9)5-12-6-1-2-6/h6,12H,1-5H2,(H2,10,15)(H,11,14). The van der Waals surface area contributed by atoms with Crippen LogP contribution >= 0.6 is 0 Å². The number of anilines is 1. The van der Waals surface area contributed by atoms with E-state index in [9.17, 15) is 4.79 Å². The van der Waals surface area contributed by atoms with E-state index < -0.39 is 6.09 Å². The minimum absolute atomic E-state index is 0.160. The van der Waals surface area contributed by atoms with Crippen molar-refractivity contribution < 1.29 is 13.9 Å². The van der Waals surface area contributed by atoms with Crippen LogP contribution in [0.25, 0.3) is 0 Å². The Morgan fingerprint density at radius 3 is 3.06 bits per heavy atom. The Labute approximate surface area is 97.9 Å². The molecule has 0 bridgehead atoms. The van der Waals surface area contributed by atoms with Crippen LogP contribution in [0.2, 0.25) is 0 Å². The monoisotopic (exact) mass is 241 g/mol. The molecule has 8 nitrogen and oxygen atoms in total. The second-order valence-electron chi connectivity index (χ2n) is 3.75. The predicted molar refractivity (Wildman–Crippen MR) is 58.2 cm³/mol. The van der Waals surface area contributed by atoms with Crippen LogP contribution in [0, 0.1) is 0 Å². The Kier molecular flexibility index (Phi) is 3.76. The van der Waals surface area contributed by atoms with Crippen LogP contribution in [-0.4, -0.2) is 35.5 Å². The molecule has 0 aromatic carbocycles. The van der Waals surface area contributed by atoms with Gasteiger partial charge >= 0.3 is 12.1 Å². The summed E-state index contributed by atoms with van der Waals surface area (Å²) in [5.41, 5.74) is 4.80. The maximum absolute atomic E-state index is 10.3. The zero-order valence-electron chi connectivity index (χ0n) is 9.31. The first-order valence-corrected chi connectivity index (χ1v) is 5.46. The summed E-state index contributed by atoms with van der Waals surface area (Å²) in [6.07, 6.45) is 1.62. The van der Waals surface area contributed by atoms with Gasteiger partial charge in [0, 0.05) is 6.04 Å². The van der Waals surface area contributed by atoms with Gasteiger partial charge in [0.05, 0.1) is 13.1 Å². The van der Waals surface area contributed by atoms with E-state index in [1.165, 1.54) is 12.8 Å². The molecule has 0 atom stereocenters. The molecule has 0 aliphatic heterocycles. The Morgan fingerprint density at radius 1 is 1.53 bits per heavy atom. The molecule has 17 heavy (non-hydrogen) atoms. The topological polar surface area (TPSA) is 115 Å². The van der Waals surface area contributed by atoms with Crippen molar-refractivity contribution >= 4 is 12.1 Å². The summed E-state index contributed by atoms with van der Waals surface area (Å²) < 4.78 is 9.83. The second kappa shape index (κ2) is 5.48. The summed E-state index contributed by atoms with van der Waals surface area (Å²) in [4.78, 5) is 10.3. The number of amides is 1. The van der Waals surface area contributed by atoms with Crippen molar-refractivity contribution in [1.29, 1.82) is 0 Å². The molecular formula is C9H15N5O3. The van der Waals surface area contributed by atoms with E-state index in [0.717, 1.165) is 0 Å². The highest BCUT2D eigenvalue weighted by Crippen LogP contribution is 2.19. The third-order valence-corrected chi connectivity index (χ3v) is 2.21. The SMILES string of the molecule is NC(=O)OCCNc1nnc(CNC2CC2)o1. The van der Waals surface area contributed by atoms with Gasteiger partial charge in [-0.2, -0.15) is 0 Å². The molecule has 0 unspecified atom stereocenters. The lowest BCUT2D eigenvalue weighted by molar-refractivity contribution is 0.161. The molecule has 0 radical (unpaired) electrons. The van der Waals surface area contributed by atoms with E-state index in [1.54, 1.807) is 0 Å². The van der Waals surface area contributed by atoms with Crippen LogP contribution in [0.4, 0.5) is 10.8 Å². The van der Waals surface area contributed by atoms with Crippen molar-refractivity contribution in [3.8, 4) is 0 Å². The average Bonchev–Trinajstić information content (AvgIpc) is 3.01. The molecular weight excluding hydrogens is 226 g/mol. The van der Waals surface area contributed by atoms with Gasteiger partial charge in [-0.1, -0.05) is 5.10 Å². The average molecular weight is 241 g/mol. The van der Waals surface area contributed by atoms with Crippen LogP contribution in [0.1, 0.15) is 18.7 Å². The minimum atomic E-state index is -0.799. The number of ether oxygens (including phenoxy) is 1. The first kappa shape index (κ1) is 11.6. The Hall–Kier alpha value is -1.83. The number of primary amides is 1. The number of nitrogens with zero attached hydrogens (tertiary/aromatic N) is 2. The Bertz CT molecular complexity index is 376. The summed E-state index contributed by atoms with van der Waals surface area (Å²) in [5, 5.41) is 13.7. The quantitative estimate of drug-likeness (QED) is 0.567. The van der Waals surface area contributed by atoms with Crippen LogP contribution in [0.15, 0.2) is 4.42 Å². The third-order valence-electron chi connectivity index (χ3n) is 2.21. The van der Waals surface area contributed by atoms with Crippen molar-refractivity contribution in [3.63, 3.8) is 0 Å². The number of nitrogens with one attached hydrogen (secondary N) is 2. The van der Waals surface area contributed by atoms with Crippen molar-refractivity contribution in [1.82, 2.24) is 15.5 Å². The molecule has 4 N–H and O–H groups in total. The van der Waals surface area contributed by atoms with Crippen LogP contribution < -0.4 is 16.4 Å². The van der Waals surface area contributed by atoms with Crippen molar-refractivity contribution in [2.45, 2.75) is 25.4 Å². The van der Waals surface area contributed by atoms with Gasteiger partial charge in [-0.25, -0.2) is 4.79 Å². The lowest BCUT2D eigenvalue weighted by Gasteiger charge is -2.01. The van der Waals surface area contributed by atoms with Gasteiger partial charge in [-0.05, 0) is 12.8 Å². The number of rotatable bonds is 7. The van der Waals surface area contributed by atoms with E-state index in [-0.39, 0.29) is 6.61 Å². The molecule has 1 aliphatic rings. The number of aromatic nitrogens is 2. The molecule has 94 valence electrons. The maximum atomic E-state index is 10.3. The fourth-order valence-corrected chi connectivity index (χ4v) is 1.23. The van der Waals surface area contributed by atoms with Gasteiger partial charge in [0.15, 0.2) is 0 Å². The molecule has 1 amide bonds. The molecule has 0 saturated heterocycles. The van der Waals surface area contributed by atoms with Gasteiger partial charge in [-0.3, -0.25) is 0 Å². The Balaban J connectivity index is 1.64. The molecule has 1 aromatic heterocycles. The summed E-state index contributed by atoms with van der Waals surface area (Å²) >= 11 is 0. The molecule has 2 rings (SSSR count). The van der Waals surface area contributed by atoms with Gasteiger partial charge in [0.2, 0.25) is 5.89 Å². The highest BCUT2D eigenvalue weighted by Gasteiger charge is 2.21. The molecule has 1 heterocycles. The van der Waals surface area contributed by atoms with Crippen molar-refractivity contribution in [2.24, 2.45) is 5.73 Å². The number of carbonyl (C=O) groups is 1. The number of hydrogen-bond acceptors (Lipinski definition) is 7. The fourth-order valence-electron chi connectivity index (χ4n) is 1.23. The second-order valence-corrected chi connectivity index (χ2v) is 3.75. The summed E-state index contributed by atoms with van der Waals surface area (Å²) in [6, 6.07) is 0.910. The zero-order chi connectivity index (χ0) is 12.1. The Morgan fingerprint density at radius 2 is 2.35 bits per heavy atom. The van der Waals surface area contributed by atoms with Gasteiger partial charge < -0.3 is 25.5 Å². The van der Waals surface area contributed by atoms with Crippen LogP contribution in [0.5, 0.6) is 0 Å². The smallest absolute Gasteiger partial charge is 0.404 e. The first-order valence-electron chi connectivity index (χ1n) is 5.46. The van der Waals surface area contributed by atoms with E-state index in [1.807, 2.05) is 0 Å². The van der Waals surface area contributed by atoms with Crippen LogP contribution in [0.3, 0.4) is 0 Å². The lowest BCUT2D eigenvalue weighted by atomic mass is 10.6. The van der Waals surface area contributed by atoms with Crippen molar-refractivity contribution in [2.75, 3.05) is 18.5 Å². The van der Waals surface area contributed by atoms with E-state index in [2.05, 4.69) is 25.6 Å². The summed E-state index contributed by atoms with van der Waals surface area (Å²) in [5.74, 6) is 0.537. The fraction of sp³-hybridized carbons (Fsp3) is 0.667. The number of nitrogens with two attached hydrogens (primary N) is 1. The zero-order valence-corrected chi connectivity index (χ0v) is 9.31. The maximum Gasteiger partial charge on any atom is 0.404 e. The lowest BCUT2D eigenvalue weighted by Crippen LogP contribution is -2.18. The normalized spacial score (nSPS) is 14.6. The largest absolute Gasteiger partial charge is 0.448 e. The first-order chi connectivity index (χ1) is 8.24. The molecule has 8 heteroatoms. The third kappa shape index (κ3) is 4.27. The van der Waals surface area contributed by atoms with Gasteiger partial charge in [-0.15, -0.1) is 5.10 Å². The van der Waals surface area contributed by atoms with Gasteiger partial charge in [0.25, 0.3) is 0 Å². The summed E-state index contributed by atoms with van der Waals surface area (Å²) in [6.45, 7) is 1.12. The summed E-state index contributed by atoms with van der Waals surface area (Å²) in [7, 11) is 0. The molecule has 1 aromatic rings. The van der Waals surface area contributed by atoms with Crippen molar-refractivity contribution in [3.05, 3.63) is 5.89 Å². The number of hydrogen-bond donors (Lipinski definition) is 3.